The van der Waals surface area contributed by atoms with Crippen LogP contribution in [0.3, 0.4) is 0 Å². The lowest BCUT2D eigenvalue weighted by molar-refractivity contribution is 0.0529. The van der Waals surface area contributed by atoms with Crippen molar-refractivity contribution in [1.29, 1.82) is 0 Å². The van der Waals surface area contributed by atoms with Gasteiger partial charge in [-0.2, -0.15) is 0 Å². The Balaban J connectivity index is 2.41. The summed E-state index contributed by atoms with van der Waals surface area (Å²) in [4.78, 5) is 22.7. The highest BCUT2D eigenvalue weighted by Crippen LogP contribution is 2.43. The minimum Gasteiger partial charge on any atom is -0.462 e. The first-order valence-electron chi connectivity index (χ1n) is 5.92. The van der Waals surface area contributed by atoms with Crippen molar-refractivity contribution in [2.24, 2.45) is 5.18 Å². The number of rotatable bonds is 5. The molecule has 2 aromatic rings. The number of esters is 1. The minimum absolute atomic E-state index is 0.0434. The van der Waals surface area contributed by atoms with Crippen LogP contribution in [0.4, 0.5) is 21.4 Å². The van der Waals surface area contributed by atoms with Gasteiger partial charge in [0.05, 0.1) is 12.3 Å². The molecule has 0 aliphatic heterocycles. The molecule has 1 aromatic carbocycles. The highest BCUT2D eigenvalue weighted by atomic mass is 32.1. The largest absolute Gasteiger partial charge is 0.462 e. The molecule has 0 atom stereocenters. The van der Waals surface area contributed by atoms with E-state index in [1.165, 1.54) is 0 Å². The Morgan fingerprint density at radius 1 is 1.40 bits per heavy atom. The zero-order valence-electron chi connectivity index (χ0n) is 10.8. The van der Waals surface area contributed by atoms with Crippen LogP contribution >= 0.6 is 11.3 Å². The van der Waals surface area contributed by atoms with E-state index in [0.717, 1.165) is 17.0 Å². The molecule has 7 heteroatoms. The normalized spacial score (nSPS) is 10.1. The Bertz CT molecular complexity index is 625. The van der Waals surface area contributed by atoms with Crippen LogP contribution in [-0.4, -0.2) is 12.6 Å². The molecule has 0 unspecified atom stereocenters. The van der Waals surface area contributed by atoms with Gasteiger partial charge in [0.2, 0.25) is 0 Å². The van der Waals surface area contributed by atoms with Crippen molar-refractivity contribution in [3.8, 4) is 0 Å². The van der Waals surface area contributed by atoms with Gasteiger partial charge in [0.15, 0.2) is 5.00 Å². The van der Waals surface area contributed by atoms with Gasteiger partial charge in [-0.15, -0.1) is 4.91 Å². The van der Waals surface area contributed by atoms with Crippen LogP contribution in [-0.2, 0) is 4.74 Å². The summed E-state index contributed by atoms with van der Waals surface area (Å²) in [6.45, 7) is 1.92. The average molecular weight is 291 g/mol. The van der Waals surface area contributed by atoms with Crippen molar-refractivity contribution in [2.45, 2.75) is 6.92 Å². The van der Waals surface area contributed by atoms with Gasteiger partial charge in [-0.25, -0.2) is 4.79 Å². The molecule has 2 rings (SSSR count). The van der Waals surface area contributed by atoms with Crippen LogP contribution in [0.1, 0.15) is 17.3 Å². The minimum atomic E-state index is -0.574. The number of carbonyl (C=O) groups is 1. The molecule has 104 valence electrons. The monoisotopic (exact) mass is 291 g/mol. The van der Waals surface area contributed by atoms with Crippen LogP contribution in [0, 0.1) is 4.91 Å². The number of nitroso groups, excluding NO2 is 1. The summed E-state index contributed by atoms with van der Waals surface area (Å²) in [5.74, 6) is -0.574. The fraction of sp³-hybridized carbons (Fsp3) is 0.154. The first kappa shape index (κ1) is 14.0. The van der Waals surface area contributed by atoms with Crippen LogP contribution < -0.4 is 11.1 Å². The van der Waals surface area contributed by atoms with Crippen molar-refractivity contribution < 1.29 is 9.53 Å². The molecule has 3 N–H and O–H groups in total. The number of nitrogens with one attached hydrogen (secondary N) is 1. The second kappa shape index (κ2) is 6.16. The maximum absolute atomic E-state index is 11.9. The molecular weight excluding hydrogens is 278 g/mol. The summed E-state index contributed by atoms with van der Waals surface area (Å²) in [7, 11) is 0. The summed E-state index contributed by atoms with van der Waals surface area (Å²) in [6, 6.07) is 9.24. The number of hydrogen-bond acceptors (Lipinski definition) is 7. The molecule has 1 heterocycles. The first-order valence-corrected chi connectivity index (χ1v) is 6.73. The van der Waals surface area contributed by atoms with Gasteiger partial charge in [0.1, 0.15) is 10.6 Å². The molecule has 0 saturated carbocycles. The van der Waals surface area contributed by atoms with Gasteiger partial charge in [0.25, 0.3) is 0 Å². The third-order valence-electron chi connectivity index (χ3n) is 2.52. The molecule has 0 bridgehead atoms. The average Bonchev–Trinajstić information content (AvgIpc) is 2.76. The number of anilines is 3. The van der Waals surface area contributed by atoms with Crippen molar-refractivity contribution in [1.82, 2.24) is 0 Å². The fourth-order valence-corrected chi connectivity index (χ4v) is 2.55. The summed E-state index contributed by atoms with van der Waals surface area (Å²) in [6.07, 6.45) is 0. The van der Waals surface area contributed by atoms with Gasteiger partial charge in [-0.05, 0) is 24.2 Å². The predicted octanol–water partition coefficient (Wildman–Crippen LogP) is 3.65. The molecule has 6 nitrogen and oxygen atoms in total. The quantitative estimate of drug-likeness (QED) is 0.647. The molecule has 0 amide bonds. The SMILES string of the molecule is CCOC(=O)c1c(Nc2ccccc2)sc(N=O)c1N. The lowest BCUT2D eigenvalue weighted by Gasteiger charge is -2.07. The molecule has 20 heavy (non-hydrogen) atoms. The van der Waals surface area contributed by atoms with E-state index < -0.39 is 5.97 Å². The lowest BCUT2D eigenvalue weighted by Crippen LogP contribution is -2.08. The van der Waals surface area contributed by atoms with Crippen molar-refractivity contribution in [2.75, 3.05) is 17.7 Å². The first-order chi connectivity index (χ1) is 9.67. The van der Waals surface area contributed by atoms with E-state index in [2.05, 4.69) is 10.5 Å². The number of carbonyl (C=O) groups excluding carboxylic acids is 1. The van der Waals surface area contributed by atoms with Gasteiger partial charge < -0.3 is 15.8 Å². The Hall–Kier alpha value is -2.41. The van der Waals surface area contributed by atoms with Crippen LogP contribution in [0.5, 0.6) is 0 Å². The van der Waals surface area contributed by atoms with E-state index in [-0.39, 0.29) is 22.9 Å². The number of para-hydroxylation sites is 1. The van der Waals surface area contributed by atoms with E-state index in [1.807, 2.05) is 30.3 Å². The predicted molar refractivity (Wildman–Crippen MR) is 79.9 cm³/mol. The molecule has 0 saturated heterocycles. The number of thiophene rings is 1. The smallest absolute Gasteiger partial charge is 0.343 e. The maximum Gasteiger partial charge on any atom is 0.343 e. The Morgan fingerprint density at radius 2 is 2.10 bits per heavy atom. The highest BCUT2D eigenvalue weighted by molar-refractivity contribution is 7.21. The van der Waals surface area contributed by atoms with Crippen LogP contribution in [0.15, 0.2) is 35.5 Å². The number of nitrogens with zero attached hydrogens (tertiary/aromatic N) is 1. The van der Waals surface area contributed by atoms with Gasteiger partial charge in [-0.1, -0.05) is 29.5 Å². The molecule has 0 spiro atoms. The highest BCUT2D eigenvalue weighted by Gasteiger charge is 2.24. The lowest BCUT2D eigenvalue weighted by atomic mass is 10.2. The summed E-state index contributed by atoms with van der Waals surface area (Å²) in [5.41, 5.74) is 6.74. The number of hydrogen-bond donors (Lipinski definition) is 2. The van der Waals surface area contributed by atoms with E-state index in [1.54, 1.807) is 6.92 Å². The van der Waals surface area contributed by atoms with Gasteiger partial charge >= 0.3 is 5.97 Å². The topological polar surface area (TPSA) is 93.8 Å². The van der Waals surface area contributed by atoms with Gasteiger partial charge in [0, 0.05) is 5.69 Å². The number of ether oxygens (including phenoxy) is 1. The molecule has 0 radical (unpaired) electrons. The second-order valence-corrected chi connectivity index (χ2v) is 4.83. The molecule has 0 fully saturated rings. The van der Waals surface area contributed by atoms with Crippen LogP contribution in [0.2, 0.25) is 0 Å². The Labute approximate surface area is 119 Å². The molecule has 1 aromatic heterocycles. The molecular formula is C13H13N3O3S. The number of nitrogen functional groups attached to an aromatic ring is 1. The summed E-state index contributed by atoms with van der Waals surface area (Å²) in [5, 5.41) is 6.39. The standard InChI is InChI=1S/C13H13N3O3S/c1-2-19-13(17)9-10(14)12(16-18)20-11(9)15-8-6-4-3-5-7-8/h3-7,15H,2,14H2,1H3. The van der Waals surface area contributed by atoms with Crippen molar-refractivity contribution in [3.05, 3.63) is 40.8 Å². The number of benzene rings is 1. The zero-order valence-corrected chi connectivity index (χ0v) is 11.6. The summed E-state index contributed by atoms with van der Waals surface area (Å²) < 4.78 is 4.95. The van der Waals surface area contributed by atoms with Crippen molar-refractivity contribution >= 4 is 38.7 Å². The maximum atomic E-state index is 11.9. The third-order valence-corrected chi connectivity index (χ3v) is 3.52. The van der Waals surface area contributed by atoms with E-state index in [9.17, 15) is 9.70 Å². The van der Waals surface area contributed by atoms with E-state index in [4.69, 9.17) is 10.5 Å². The third kappa shape index (κ3) is 2.77. The Morgan fingerprint density at radius 3 is 2.70 bits per heavy atom. The second-order valence-electron chi connectivity index (χ2n) is 3.83. The molecule has 0 aliphatic rings. The fourth-order valence-electron chi connectivity index (χ4n) is 1.65. The van der Waals surface area contributed by atoms with Gasteiger partial charge in [-0.3, -0.25) is 0 Å². The number of nitrogens with two attached hydrogens (primary N) is 1. The van der Waals surface area contributed by atoms with E-state index in [0.29, 0.717) is 5.00 Å². The summed E-state index contributed by atoms with van der Waals surface area (Å²) >= 11 is 1.02. The zero-order chi connectivity index (χ0) is 14.5. The van der Waals surface area contributed by atoms with Crippen LogP contribution in [0.25, 0.3) is 0 Å². The molecule has 0 aliphatic carbocycles. The Kier molecular flexibility index (Phi) is 4.31. The van der Waals surface area contributed by atoms with E-state index >= 15 is 0 Å². The van der Waals surface area contributed by atoms with Crippen molar-refractivity contribution in [3.63, 3.8) is 0 Å².